The minimum Gasteiger partial charge on any atom is -0.378 e. The number of nitrogens with zero attached hydrogens (tertiary/aromatic N) is 1. The summed E-state index contributed by atoms with van der Waals surface area (Å²) < 4.78 is 5.26. The minimum atomic E-state index is 0.493. The fourth-order valence-corrected chi connectivity index (χ4v) is 2.49. The molecular formula is C11H11Cl2NO2. The number of aldehydes is 1. The molecule has 0 spiro atoms. The lowest BCUT2D eigenvalue weighted by atomic mass is 10.2. The highest BCUT2D eigenvalue weighted by Crippen LogP contribution is 2.35. The van der Waals surface area contributed by atoms with Gasteiger partial charge in [0.25, 0.3) is 0 Å². The second-order valence-electron chi connectivity index (χ2n) is 3.55. The summed E-state index contributed by atoms with van der Waals surface area (Å²) in [6, 6.07) is 3.26. The molecular weight excluding hydrogens is 249 g/mol. The zero-order chi connectivity index (χ0) is 11.5. The lowest BCUT2D eigenvalue weighted by Gasteiger charge is -2.30. The van der Waals surface area contributed by atoms with E-state index in [1.807, 2.05) is 0 Å². The number of halogens is 2. The summed E-state index contributed by atoms with van der Waals surface area (Å²) in [5.74, 6) is 0. The third kappa shape index (κ3) is 2.32. The van der Waals surface area contributed by atoms with Crippen molar-refractivity contribution in [2.45, 2.75) is 0 Å². The van der Waals surface area contributed by atoms with E-state index in [1.54, 1.807) is 12.1 Å². The van der Waals surface area contributed by atoms with Crippen molar-refractivity contribution in [2.24, 2.45) is 0 Å². The SMILES string of the molecule is O=Cc1cc(Cl)c(N2CCOCC2)c(Cl)c1. The van der Waals surface area contributed by atoms with Gasteiger partial charge in [0.05, 0.1) is 28.9 Å². The molecule has 0 aliphatic carbocycles. The quantitative estimate of drug-likeness (QED) is 0.765. The number of morpholine rings is 1. The van der Waals surface area contributed by atoms with Gasteiger partial charge in [0.1, 0.15) is 6.29 Å². The van der Waals surface area contributed by atoms with Crippen LogP contribution in [0.3, 0.4) is 0 Å². The fourth-order valence-electron chi connectivity index (χ4n) is 1.74. The Morgan fingerprint density at radius 2 is 1.75 bits per heavy atom. The van der Waals surface area contributed by atoms with Crippen LogP contribution in [0.5, 0.6) is 0 Å². The second kappa shape index (κ2) is 5.04. The Bertz CT molecular complexity index is 380. The molecule has 0 N–H and O–H groups in total. The molecule has 1 saturated heterocycles. The maximum atomic E-state index is 10.6. The number of benzene rings is 1. The van der Waals surface area contributed by atoms with Crippen LogP contribution < -0.4 is 4.90 Å². The van der Waals surface area contributed by atoms with Gasteiger partial charge in [0, 0.05) is 18.7 Å². The highest BCUT2D eigenvalue weighted by molar-refractivity contribution is 6.39. The third-order valence-electron chi connectivity index (χ3n) is 2.50. The Kier molecular flexibility index (Phi) is 3.69. The smallest absolute Gasteiger partial charge is 0.150 e. The maximum absolute atomic E-state index is 10.6. The second-order valence-corrected chi connectivity index (χ2v) is 4.36. The van der Waals surface area contributed by atoms with E-state index in [0.717, 1.165) is 25.1 Å². The molecule has 86 valence electrons. The van der Waals surface area contributed by atoms with Gasteiger partial charge in [0.15, 0.2) is 0 Å². The van der Waals surface area contributed by atoms with Crippen molar-refractivity contribution in [2.75, 3.05) is 31.2 Å². The van der Waals surface area contributed by atoms with Crippen molar-refractivity contribution < 1.29 is 9.53 Å². The molecule has 1 aromatic rings. The molecule has 1 aromatic carbocycles. The molecule has 5 heteroatoms. The predicted octanol–water partition coefficient (Wildman–Crippen LogP) is 2.64. The molecule has 1 aliphatic rings. The first-order valence-corrected chi connectivity index (χ1v) is 5.75. The van der Waals surface area contributed by atoms with Gasteiger partial charge < -0.3 is 9.64 Å². The third-order valence-corrected chi connectivity index (χ3v) is 3.08. The van der Waals surface area contributed by atoms with Crippen molar-refractivity contribution in [3.8, 4) is 0 Å². The molecule has 1 fully saturated rings. The van der Waals surface area contributed by atoms with Gasteiger partial charge in [-0.2, -0.15) is 0 Å². The van der Waals surface area contributed by atoms with Crippen molar-refractivity contribution in [1.82, 2.24) is 0 Å². The van der Waals surface area contributed by atoms with Crippen LogP contribution in [0.15, 0.2) is 12.1 Å². The van der Waals surface area contributed by atoms with Gasteiger partial charge in [-0.25, -0.2) is 0 Å². The van der Waals surface area contributed by atoms with Gasteiger partial charge in [-0.3, -0.25) is 4.79 Å². The number of ether oxygens (including phenoxy) is 1. The summed E-state index contributed by atoms with van der Waals surface area (Å²) in [4.78, 5) is 12.7. The Labute approximate surface area is 104 Å². The highest BCUT2D eigenvalue weighted by atomic mass is 35.5. The van der Waals surface area contributed by atoms with Crippen molar-refractivity contribution >= 4 is 35.2 Å². The number of carbonyl (C=O) groups excluding carboxylic acids is 1. The fraction of sp³-hybridized carbons (Fsp3) is 0.364. The van der Waals surface area contributed by atoms with Crippen molar-refractivity contribution in [3.63, 3.8) is 0 Å². The first-order chi connectivity index (χ1) is 7.72. The molecule has 1 aliphatic heterocycles. The number of rotatable bonds is 2. The number of hydrogen-bond acceptors (Lipinski definition) is 3. The number of carbonyl (C=O) groups is 1. The monoisotopic (exact) mass is 259 g/mol. The number of anilines is 1. The van der Waals surface area contributed by atoms with Crippen LogP contribution in [0.1, 0.15) is 10.4 Å². The van der Waals surface area contributed by atoms with Crippen LogP contribution in [-0.4, -0.2) is 32.6 Å². The largest absolute Gasteiger partial charge is 0.378 e. The summed E-state index contributed by atoms with van der Waals surface area (Å²) in [7, 11) is 0. The molecule has 0 aromatic heterocycles. The van der Waals surface area contributed by atoms with Gasteiger partial charge in [-0.05, 0) is 12.1 Å². The molecule has 0 amide bonds. The molecule has 2 rings (SSSR count). The van der Waals surface area contributed by atoms with Gasteiger partial charge in [-0.1, -0.05) is 23.2 Å². The molecule has 1 heterocycles. The minimum absolute atomic E-state index is 0.493. The van der Waals surface area contributed by atoms with Crippen LogP contribution in [0.2, 0.25) is 10.0 Å². The summed E-state index contributed by atoms with van der Waals surface area (Å²) >= 11 is 12.2. The summed E-state index contributed by atoms with van der Waals surface area (Å²) in [5.41, 5.74) is 1.28. The lowest BCUT2D eigenvalue weighted by molar-refractivity contribution is 0.112. The Balaban J connectivity index is 2.35. The predicted molar refractivity (Wildman–Crippen MR) is 64.9 cm³/mol. The van der Waals surface area contributed by atoms with Crippen LogP contribution in [-0.2, 0) is 4.74 Å². The number of hydrogen-bond donors (Lipinski definition) is 0. The van der Waals surface area contributed by atoms with Gasteiger partial charge >= 0.3 is 0 Å². The molecule has 0 bridgehead atoms. The van der Waals surface area contributed by atoms with E-state index in [0.29, 0.717) is 28.8 Å². The van der Waals surface area contributed by atoms with Crippen LogP contribution >= 0.6 is 23.2 Å². The van der Waals surface area contributed by atoms with Crippen LogP contribution in [0.4, 0.5) is 5.69 Å². The summed E-state index contributed by atoms with van der Waals surface area (Å²) in [6.07, 6.45) is 0.737. The molecule has 0 radical (unpaired) electrons. The first-order valence-electron chi connectivity index (χ1n) is 4.99. The lowest BCUT2D eigenvalue weighted by Crippen LogP contribution is -2.36. The zero-order valence-corrected chi connectivity index (χ0v) is 10.1. The van der Waals surface area contributed by atoms with Crippen molar-refractivity contribution in [3.05, 3.63) is 27.7 Å². The molecule has 0 atom stereocenters. The first kappa shape index (κ1) is 11.7. The van der Waals surface area contributed by atoms with Gasteiger partial charge in [-0.15, -0.1) is 0 Å². The standard InChI is InChI=1S/C11H11Cl2NO2/c12-9-5-8(7-15)6-10(13)11(9)14-1-3-16-4-2-14/h5-7H,1-4H2. The van der Waals surface area contributed by atoms with E-state index in [4.69, 9.17) is 27.9 Å². The highest BCUT2D eigenvalue weighted by Gasteiger charge is 2.17. The van der Waals surface area contributed by atoms with E-state index >= 15 is 0 Å². The Morgan fingerprint density at radius 3 is 2.25 bits per heavy atom. The topological polar surface area (TPSA) is 29.5 Å². The Morgan fingerprint density at radius 1 is 1.19 bits per heavy atom. The van der Waals surface area contributed by atoms with E-state index < -0.39 is 0 Å². The molecule has 0 saturated carbocycles. The van der Waals surface area contributed by atoms with E-state index in [2.05, 4.69) is 4.90 Å². The van der Waals surface area contributed by atoms with Crippen molar-refractivity contribution in [1.29, 1.82) is 0 Å². The Hall–Kier alpha value is -0.770. The van der Waals surface area contributed by atoms with Crippen LogP contribution in [0.25, 0.3) is 0 Å². The average molecular weight is 260 g/mol. The van der Waals surface area contributed by atoms with E-state index in [-0.39, 0.29) is 0 Å². The average Bonchev–Trinajstić information content (AvgIpc) is 2.29. The summed E-state index contributed by atoms with van der Waals surface area (Å²) in [6.45, 7) is 2.87. The zero-order valence-electron chi connectivity index (χ0n) is 8.58. The maximum Gasteiger partial charge on any atom is 0.150 e. The van der Waals surface area contributed by atoms with E-state index in [1.165, 1.54) is 0 Å². The van der Waals surface area contributed by atoms with E-state index in [9.17, 15) is 4.79 Å². The molecule has 0 unspecified atom stereocenters. The van der Waals surface area contributed by atoms with Gasteiger partial charge in [0.2, 0.25) is 0 Å². The normalized spacial score (nSPS) is 16.2. The summed E-state index contributed by atoms with van der Waals surface area (Å²) in [5, 5.41) is 1.02. The molecule has 3 nitrogen and oxygen atoms in total. The van der Waals surface area contributed by atoms with Crippen LogP contribution in [0, 0.1) is 0 Å². The molecule has 16 heavy (non-hydrogen) atoms.